The summed E-state index contributed by atoms with van der Waals surface area (Å²) in [6.45, 7) is 3.65. The van der Waals surface area contributed by atoms with Gasteiger partial charge >= 0.3 is 0 Å². The Hall–Kier alpha value is -1.71. The molecule has 1 aromatic heterocycles. The van der Waals surface area contributed by atoms with Crippen LogP contribution in [-0.2, 0) is 6.42 Å². The molecule has 0 aliphatic rings. The molecular weight excluding hydrogens is 448 g/mol. The fourth-order valence-electron chi connectivity index (χ4n) is 2.33. The standard InChI is InChI=1S/C18H26FN5O.HI/c1-2-3-4-5-12-21-18(20)22-13-6-7-16-23-17(24-25-16)14-8-10-15(19)11-9-14;/h8-11H,2-7,12-13H2,1H3,(H3,20,21,22);1H. The molecule has 0 bridgehead atoms. The van der Waals surface area contributed by atoms with Crippen molar-refractivity contribution in [2.24, 2.45) is 10.7 Å². The zero-order valence-corrected chi connectivity index (χ0v) is 17.4. The monoisotopic (exact) mass is 475 g/mol. The smallest absolute Gasteiger partial charge is 0.227 e. The van der Waals surface area contributed by atoms with E-state index >= 15 is 0 Å². The van der Waals surface area contributed by atoms with Gasteiger partial charge in [0.05, 0.1) is 0 Å². The Morgan fingerprint density at radius 2 is 1.96 bits per heavy atom. The topological polar surface area (TPSA) is 89.3 Å². The molecule has 8 heteroatoms. The van der Waals surface area contributed by atoms with Gasteiger partial charge in [-0.3, -0.25) is 4.99 Å². The minimum atomic E-state index is -0.290. The number of halogens is 2. The summed E-state index contributed by atoms with van der Waals surface area (Å²) in [5.41, 5.74) is 6.54. The predicted molar refractivity (Wildman–Crippen MR) is 112 cm³/mol. The lowest BCUT2D eigenvalue weighted by Crippen LogP contribution is -2.32. The van der Waals surface area contributed by atoms with E-state index < -0.39 is 0 Å². The first-order valence-electron chi connectivity index (χ1n) is 8.81. The van der Waals surface area contributed by atoms with Crippen LogP contribution in [0.15, 0.2) is 33.8 Å². The molecule has 1 aromatic carbocycles. The van der Waals surface area contributed by atoms with Gasteiger partial charge in [0.15, 0.2) is 5.96 Å². The van der Waals surface area contributed by atoms with Crippen molar-refractivity contribution in [3.63, 3.8) is 0 Å². The molecule has 26 heavy (non-hydrogen) atoms. The Labute approximate surface area is 170 Å². The molecule has 0 saturated heterocycles. The molecule has 0 spiro atoms. The number of nitrogens with one attached hydrogen (secondary N) is 1. The van der Waals surface area contributed by atoms with E-state index in [-0.39, 0.29) is 29.8 Å². The number of hydrogen-bond acceptors (Lipinski definition) is 4. The normalized spacial score (nSPS) is 11.2. The third kappa shape index (κ3) is 8.11. The van der Waals surface area contributed by atoms with Crippen LogP contribution in [0.25, 0.3) is 11.4 Å². The molecule has 1 heterocycles. The molecule has 0 atom stereocenters. The number of rotatable bonds is 10. The van der Waals surface area contributed by atoms with Gasteiger partial charge in [0, 0.05) is 25.1 Å². The minimum Gasteiger partial charge on any atom is -0.370 e. The highest BCUT2D eigenvalue weighted by atomic mass is 127. The number of nitrogens with two attached hydrogens (primary N) is 1. The number of nitrogens with zero attached hydrogens (tertiary/aromatic N) is 3. The van der Waals surface area contributed by atoms with Gasteiger partial charge in [0.25, 0.3) is 0 Å². The van der Waals surface area contributed by atoms with E-state index in [4.69, 9.17) is 10.3 Å². The molecule has 6 nitrogen and oxygen atoms in total. The van der Waals surface area contributed by atoms with Gasteiger partial charge in [-0.2, -0.15) is 4.98 Å². The van der Waals surface area contributed by atoms with Gasteiger partial charge in [-0.1, -0.05) is 31.3 Å². The van der Waals surface area contributed by atoms with Crippen LogP contribution in [0, 0.1) is 5.82 Å². The second kappa shape index (κ2) is 12.6. The highest BCUT2D eigenvalue weighted by Crippen LogP contribution is 2.16. The number of benzene rings is 1. The Morgan fingerprint density at radius 1 is 1.19 bits per heavy atom. The van der Waals surface area contributed by atoms with E-state index in [9.17, 15) is 4.39 Å². The molecule has 0 saturated carbocycles. The first kappa shape index (κ1) is 22.3. The average Bonchev–Trinajstić information content (AvgIpc) is 3.08. The molecule has 0 aliphatic carbocycles. The van der Waals surface area contributed by atoms with Gasteiger partial charge in [0.1, 0.15) is 5.82 Å². The molecule has 2 aromatic rings. The summed E-state index contributed by atoms with van der Waals surface area (Å²) in [7, 11) is 0. The van der Waals surface area contributed by atoms with E-state index in [1.165, 1.54) is 31.4 Å². The summed E-state index contributed by atoms with van der Waals surface area (Å²) in [5, 5.41) is 7.03. The van der Waals surface area contributed by atoms with Gasteiger partial charge in [-0.15, -0.1) is 24.0 Å². The first-order chi connectivity index (χ1) is 12.2. The Bertz CT molecular complexity index is 660. The maximum absolute atomic E-state index is 12.9. The molecule has 0 aliphatic heterocycles. The van der Waals surface area contributed by atoms with Crippen molar-refractivity contribution in [2.45, 2.75) is 45.4 Å². The zero-order chi connectivity index (χ0) is 17.9. The van der Waals surface area contributed by atoms with Crippen molar-refractivity contribution in [3.8, 4) is 11.4 Å². The number of hydrogen-bond donors (Lipinski definition) is 2. The van der Waals surface area contributed by atoms with E-state index in [2.05, 4.69) is 27.4 Å². The van der Waals surface area contributed by atoms with E-state index in [0.29, 0.717) is 30.6 Å². The lowest BCUT2D eigenvalue weighted by Gasteiger charge is -2.04. The van der Waals surface area contributed by atoms with Crippen molar-refractivity contribution in [2.75, 3.05) is 13.1 Å². The lowest BCUT2D eigenvalue weighted by molar-refractivity contribution is 0.376. The molecular formula is C18H27FIN5O. The number of aryl methyl sites for hydroxylation is 1. The third-order valence-electron chi connectivity index (χ3n) is 3.74. The van der Waals surface area contributed by atoms with Crippen LogP contribution in [0.2, 0.25) is 0 Å². The van der Waals surface area contributed by atoms with Crippen molar-refractivity contribution < 1.29 is 8.91 Å². The fraction of sp³-hybridized carbons (Fsp3) is 0.500. The van der Waals surface area contributed by atoms with E-state index in [1.54, 1.807) is 12.1 Å². The second-order valence-corrected chi connectivity index (χ2v) is 5.88. The molecule has 0 unspecified atom stereocenters. The lowest BCUT2D eigenvalue weighted by atomic mass is 10.2. The SMILES string of the molecule is CCCCCCNC(N)=NCCCc1nc(-c2ccc(F)cc2)no1.I. The highest BCUT2D eigenvalue weighted by Gasteiger charge is 2.08. The van der Waals surface area contributed by atoms with Crippen LogP contribution in [0.5, 0.6) is 0 Å². The molecule has 144 valence electrons. The Morgan fingerprint density at radius 3 is 2.69 bits per heavy atom. The fourth-order valence-corrected chi connectivity index (χ4v) is 2.33. The second-order valence-electron chi connectivity index (χ2n) is 5.88. The molecule has 0 fully saturated rings. The minimum absolute atomic E-state index is 0. The summed E-state index contributed by atoms with van der Waals surface area (Å²) >= 11 is 0. The van der Waals surface area contributed by atoms with Gasteiger partial charge in [-0.05, 0) is 37.1 Å². The number of aliphatic imine (C=N–C) groups is 1. The molecule has 3 N–H and O–H groups in total. The van der Waals surface area contributed by atoms with Crippen molar-refractivity contribution in [1.29, 1.82) is 0 Å². The number of aromatic nitrogens is 2. The van der Waals surface area contributed by atoms with Gasteiger partial charge < -0.3 is 15.6 Å². The Kier molecular flexibility index (Phi) is 10.8. The van der Waals surface area contributed by atoms with E-state index in [0.717, 1.165) is 24.9 Å². The van der Waals surface area contributed by atoms with Crippen molar-refractivity contribution in [3.05, 3.63) is 36.0 Å². The average molecular weight is 475 g/mol. The maximum Gasteiger partial charge on any atom is 0.227 e. The van der Waals surface area contributed by atoms with Crippen LogP contribution in [0.1, 0.15) is 44.9 Å². The molecule has 2 rings (SSSR count). The van der Waals surface area contributed by atoms with Crippen LogP contribution < -0.4 is 11.1 Å². The maximum atomic E-state index is 12.9. The van der Waals surface area contributed by atoms with Gasteiger partial charge in [0.2, 0.25) is 11.7 Å². The van der Waals surface area contributed by atoms with Crippen LogP contribution in [0.4, 0.5) is 4.39 Å². The highest BCUT2D eigenvalue weighted by molar-refractivity contribution is 14.0. The van der Waals surface area contributed by atoms with Crippen LogP contribution in [0.3, 0.4) is 0 Å². The van der Waals surface area contributed by atoms with Crippen LogP contribution >= 0.6 is 24.0 Å². The van der Waals surface area contributed by atoms with Gasteiger partial charge in [-0.25, -0.2) is 4.39 Å². The summed E-state index contributed by atoms with van der Waals surface area (Å²) in [6, 6.07) is 6.00. The quantitative estimate of drug-likeness (QED) is 0.236. The summed E-state index contributed by atoms with van der Waals surface area (Å²) < 4.78 is 18.1. The zero-order valence-electron chi connectivity index (χ0n) is 15.1. The molecule has 0 radical (unpaired) electrons. The third-order valence-corrected chi connectivity index (χ3v) is 3.74. The summed E-state index contributed by atoms with van der Waals surface area (Å²) in [4.78, 5) is 8.59. The Balaban J connectivity index is 0.00000338. The van der Waals surface area contributed by atoms with Crippen molar-refractivity contribution >= 4 is 29.9 Å². The van der Waals surface area contributed by atoms with E-state index in [1.807, 2.05) is 0 Å². The molecule has 0 amide bonds. The van der Waals surface area contributed by atoms with Crippen LogP contribution in [-0.4, -0.2) is 29.2 Å². The number of guanidine groups is 1. The summed E-state index contributed by atoms with van der Waals surface area (Å²) in [6.07, 6.45) is 6.19. The summed E-state index contributed by atoms with van der Waals surface area (Å²) in [5.74, 6) is 1.20. The largest absolute Gasteiger partial charge is 0.370 e. The predicted octanol–water partition coefficient (Wildman–Crippen LogP) is 3.91. The van der Waals surface area contributed by atoms with Crippen molar-refractivity contribution in [1.82, 2.24) is 15.5 Å². The number of unbranched alkanes of at least 4 members (excludes halogenated alkanes) is 3. The first-order valence-corrected chi connectivity index (χ1v) is 8.81.